The molecule has 0 unspecified atom stereocenters. The summed E-state index contributed by atoms with van der Waals surface area (Å²) in [7, 11) is 0. The second kappa shape index (κ2) is 4.65. The van der Waals surface area contributed by atoms with Gasteiger partial charge in [-0.25, -0.2) is 0 Å². The van der Waals surface area contributed by atoms with E-state index in [4.69, 9.17) is 5.73 Å². The highest BCUT2D eigenvalue weighted by Crippen LogP contribution is 2.14. The molecule has 0 saturated heterocycles. The number of rotatable bonds is 3. The van der Waals surface area contributed by atoms with Crippen LogP contribution in [0.2, 0.25) is 0 Å². The molecular formula is C11H16N2O. The summed E-state index contributed by atoms with van der Waals surface area (Å²) in [6.07, 6.45) is 0.361. The first-order chi connectivity index (χ1) is 6.63. The number of nitrogens with one attached hydrogen (secondary N) is 1. The van der Waals surface area contributed by atoms with Gasteiger partial charge in [-0.15, -0.1) is 0 Å². The molecule has 3 N–H and O–H groups in total. The number of likely N-dealkylation sites (N-methyl/N-ethyl adjacent to an activating group) is 1. The molecule has 1 amide bonds. The van der Waals surface area contributed by atoms with Gasteiger partial charge >= 0.3 is 0 Å². The lowest BCUT2D eigenvalue weighted by Gasteiger charge is -2.06. The van der Waals surface area contributed by atoms with E-state index in [-0.39, 0.29) is 5.91 Å². The molecule has 0 atom stereocenters. The summed E-state index contributed by atoms with van der Waals surface area (Å²) in [5.74, 6) is 0.0167. The monoisotopic (exact) mass is 192 g/mol. The Balaban J connectivity index is 2.72. The topological polar surface area (TPSA) is 55.1 Å². The van der Waals surface area contributed by atoms with Gasteiger partial charge < -0.3 is 11.1 Å². The first-order valence-corrected chi connectivity index (χ1v) is 4.75. The highest BCUT2D eigenvalue weighted by molar-refractivity contribution is 5.80. The Hall–Kier alpha value is -1.51. The molecule has 76 valence electrons. The lowest BCUT2D eigenvalue weighted by Crippen LogP contribution is -2.24. The molecular weight excluding hydrogens is 176 g/mol. The Kier molecular flexibility index (Phi) is 3.51. The fraction of sp³-hybridized carbons (Fsp3) is 0.364. The summed E-state index contributed by atoms with van der Waals surface area (Å²) < 4.78 is 0. The molecule has 3 heteroatoms. The number of anilines is 1. The maximum absolute atomic E-state index is 11.3. The minimum atomic E-state index is 0.0167. The molecule has 0 aliphatic rings. The van der Waals surface area contributed by atoms with Crippen LogP contribution in [0.5, 0.6) is 0 Å². The van der Waals surface area contributed by atoms with Crippen molar-refractivity contribution in [2.24, 2.45) is 0 Å². The van der Waals surface area contributed by atoms with Crippen LogP contribution in [-0.4, -0.2) is 12.5 Å². The maximum Gasteiger partial charge on any atom is 0.224 e. The Labute approximate surface area is 84.3 Å². The van der Waals surface area contributed by atoms with Gasteiger partial charge in [-0.2, -0.15) is 0 Å². The standard InChI is InChI=1S/C11H16N2O/c1-3-13-11(14)7-9-5-4-8(2)6-10(9)12/h4-6H,3,7,12H2,1-2H3,(H,13,14). The van der Waals surface area contributed by atoms with Gasteiger partial charge in [0.25, 0.3) is 0 Å². The molecule has 0 spiro atoms. The smallest absolute Gasteiger partial charge is 0.224 e. The number of benzene rings is 1. The average molecular weight is 192 g/mol. The molecule has 0 aromatic heterocycles. The summed E-state index contributed by atoms with van der Waals surface area (Å²) in [5, 5.41) is 2.74. The van der Waals surface area contributed by atoms with E-state index in [9.17, 15) is 4.79 Å². The van der Waals surface area contributed by atoms with Crippen LogP contribution >= 0.6 is 0 Å². The maximum atomic E-state index is 11.3. The normalized spacial score (nSPS) is 9.86. The van der Waals surface area contributed by atoms with Crippen molar-refractivity contribution in [3.8, 4) is 0 Å². The van der Waals surface area contributed by atoms with Crippen LogP contribution in [0.1, 0.15) is 18.1 Å². The first kappa shape index (κ1) is 10.6. The molecule has 0 aliphatic heterocycles. The lowest BCUT2D eigenvalue weighted by atomic mass is 10.1. The zero-order valence-corrected chi connectivity index (χ0v) is 8.63. The molecule has 1 rings (SSSR count). The minimum Gasteiger partial charge on any atom is -0.398 e. The van der Waals surface area contributed by atoms with Gasteiger partial charge in [0.05, 0.1) is 6.42 Å². The van der Waals surface area contributed by atoms with E-state index in [1.165, 1.54) is 0 Å². The van der Waals surface area contributed by atoms with Crippen molar-refractivity contribution in [2.45, 2.75) is 20.3 Å². The van der Waals surface area contributed by atoms with Crippen LogP contribution < -0.4 is 11.1 Å². The van der Waals surface area contributed by atoms with Crippen LogP contribution in [0, 0.1) is 6.92 Å². The van der Waals surface area contributed by atoms with Crippen LogP contribution in [0.15, 0.2) is 18.2 Å². The third-order valence-electron chi connectivity index (χ3n) is 2.03. The summed E-state index contributed by atoms with van der Waals surface area (Å²) in [5.41, 5.74) is 8.48. The fourth-order valence-corrected chi connectivity index (χ4v) is 1.31. The van der Waals surface area contributed by atoms with E-state index in [0.717, 1.165) is 11.1 Å². The fourth-order valence-electron chi connectivity index (χ4n) is 1.31. The number of nitrogens with two attached hydrogens (primary N) is 1. The SMILES string of the molecule is CCNC(=O)Cc1ccc(C)cc1N. The highest BCUT2D eigenvalue weighted by Gasteiger charge is 2.04. The van der Waals surface area contributed by atoms with Gasteiger partial charge in [-0.3, -0.25) is 4.79 Å². The zero-order chi connectivity index (χ0) is 10.6. The number of hydrogen-bond acceptors (Lipinski definition) is 2. The van der Waals surface area contributed by atoms with E-state index >= 15 is 0 Å². The van der Waals surface area contributed by atoms with Crippen LogP contribution in [0.3, 0.4) is 0 Å². The molecule has 1 aromatic carbocycles. The van der Waals surface area contributed by atoms with Crippen LogP contribution in [0.4, 0.5) is 5.69 Å². The quantitative estimate of drug-likeness (QED) is 0.708. The van der Waals surface area contributed by atoms with E-state index in [2.05, 4.69) is 5.32 Å². The number of hydrogen-bond donors (Lipinski definition) is 2. The van der Waals surface area contributed by atoms with Crippen molar-refractivity contribution in [3.05, 3.63) is 29.3 Å². The summed E-state index contributed by atoms with van der Waals surface area (Å²) in [4.78, 5) is 11.3. The largest absolute Gasteiger partial charge is 0.398 e. The third kappa shape index (κ3) is 2.76. The first-order valence-electron chi connectivity index (χ1n) is 4.75. The Morgan fingerprint density at radius 2 is 2.21 bits per heavy atom. The molecule has 0 radical (unpaired) electrons. The van der Waals surface area contributed by atoms with Crippen LogP contribution in [0.25, 0.3) is 0 Å². The van der Waals surface area contributed by atoms with Gasteiger partial charge in [0, 0.05) is 12.2 Å². The summed E-state index contributed by atoms with van der Waals surface area (Å²) in [6.45, 7) is 4.53. The average Bonchev–Trinajstić information content (AvgIpc) is 2.10. The Morgan fingerprint density at radius 1 is 1.50 bits per heavy atom. The van der Waals surface area contributed by atoms with Gasteiger partial charge in [0.2, 0.25) is 5.91 Å². The molecule has 0 fully saturated rings. The molecule has 14 heavy (non-hydrogen) atoms. The van der Waals surface area contributed by atoms with Crippen molar-refractivity contribution in [1.82, 2.24) is 5.32 Å². The minimum absolute atomic E-state index is 0.0167. The van der Waals surface area contributed by atoms with Crippen molar-refractivity contribution in [2.75, 3.05) is 12.3 Å². The Bertz CT molecular complexity index is 334. The van der Waals surface area contributed by atoms with Gasteiger partial charge in [0.15, 0.2) is 0 Å². The number of carbonyl (C=O) groups is 1. The predicted molar refractivity (Wildman–Crippen MR) is 58.0 cm³/mol. The van der Waals surface area contributed by atoms with Crippen molar-refractivity contribution in [1.29, 1.82) is 0 Å². The predicted octanol–water partition coefficient (Wildman–Crippen LogP) is 1.26. The van der Waals surface area contributed by atoms with Crippen molar-refractivity contribution >= 4 is 11.6 Å². The van der Waals surface area contributed by atoms with Gasteiger partial charge in [-0.05, 0) is 31.0 Å². The highest BCUT2D eigenvalue weighted by atomic mass is 16.1. The van der Waals surface area contributed by atoms with Crippen molar-refractivity contribution < 1.29 is 4.79 Å². The molecule has 0 bridgehead atoms. The number of nitrogen functional groups attached to an aromatic ring is 1. The number of aryl methyl sites for hydroxylation is 1. The van der Waals surface area contributed by atoms with E-state index in [1.54, 1.807) is 0 Å². The van der Waals surface area contributed by atoms with Crippen LogP contribution in [-0.2, 0) is 11.2 Å². The van der Waals surface area contributed by atoms with Crippen molar-refractivity contribution in [3.63, 3.8) is 0 Å². The number of carbonyl (C=O) groups excluding carboxylic acids is 1. The van der Waals surface area contributed by atoms with Gasteiger partial charge in [0.1, 0.15) is 0 Å². The molecule has 1 aromatic rings. The third-order valence-corrected chi connectivity index (χ3v) is 2.03. The second-order valence-corrected chi connectivity index (χ2v) is 3.33. The molecule has 0 saturated carbocycles. The van der Waals surface area contributed by atoms with E-state index in [1.807, 2.05) is 32.0 Å². The lowest BCUT2D eigenvalue weighted by molar-refractivity contribution is -0.120. The summed E-state index contributed by atoms with van der Waals surface area (Å²) >= 11 is 0. The Morgan fingerprint density at radius 3 is 2.79 bits per heavy atom. The zero-order valence-electron chi connectivity index (χ0n) is 8.63. The van der Waals surface area contributed by atoms with E-state index in [0.29, 0.717) is 18.7 Å². The molecule has 3 nitrogen and oxygen atoms in total. The molecule has 0 aliphatic carbocycles. The number of amides is 1. The van der Waals surface area contributed by atoms with E-state index < -0.39 is 0 Å². The molecule has 0 heterocycles. The summed E-state index contributed by atoms with van der Waals surface area (Å²) in [6, 6.07) is 5.75. The second-order valence-electron chi connectivity index (χ2n) is 3.33. The van der Waals surface area contributed by atoms with Gasteiger partial charge in [-0.1, -0.05) is 12.1 Å².